The number of hydrogen-bond donors (Lipinski definition) is 0. The number of aromatic nitrogens is 1. The Morgan fingerprint density at radius 2 is 1.43 bits per heavy atom. The summed E-state index contributed by atoms with van der Waals surface area (Å²) in [5, 5.41) is 0. The van der Waals surface area contributed by atoms with Gasteiger partial charge in [-0.05, 0) is 85.5 Å². The molecule has 0 unspecified atom stereocenters. The normalized spacial score (nSPS) is 37.0. The van der Waals surface area contributed by atoms with E-state index in [1.807, 2.05) is 0 Å². The van der Waals surface area contributed by atoms with Gasteiger partial charge in [-0.15, -0.1) is 0 Å². The number of rotatable bonds is 2. The van der Waals surface area contributed by atoms with Gasteiger partial charge in [0.25, 0.3) is 0 Å². The Bertz CT molecular complexity index is 616. The van der Waals surface area contributed by atoms with Crippen LogP contribution in [0, 0.1) is 17.8 Å². The summed E-state index contributed by atoms with van der Waals surface area (Å²) in [6.45, 7) is 0. The molecular weight excluding hydrogens is 254 g/mol. The molecule has 108 valence electrons. The van der Waals surface area contributed by atoms with E-state index < -0.39 is 0 Å². The number of benzene rings is 1. The standard InChI is InChI=1S/C20H23N/c1-2-4-19(5-3-1)21-7-6-18(14-21)20-11-15-8-16(12-20)10-17(9-15)13-20/h1-7,14-17H,8-13H2. The maximum atomic E-state index is 2.42. The Kier molecular flexibility index (Phi) is 2.45. The van der Waals surface area contributed by atoms with E-state index in [1.54, 1.807) is 5.56 Å². The smallest absolute Gasteiger partial charge is 0.0449 e. The average molecular weight is 277 g/mol. The van der Waals surface area contributed by atoms with Gasteiger partial charge in [-0.2, -0.15) is 0 Å². The van der Waals surface area contributed by atoms with Gasteiger partial charge in [-0.1, -0.05) is 18.2 Å². The van der Waals surface area contributed by atoms with Crippen LogP contribution < -0.4 is 0 Å². The third-order valence-corrected chi connectivity index (χ3v) is 6.40. The first kappa shape index (κ1) is 12.1. The van der Waals surface area contributed by atoms with E-state index in [9.17, 15) is 0 Å². The fourth-order valence-corrected chi connectivity index (χ4v) is 5.94. The van der Waals surface area contributed by atoms with Crippen molar-refractivity contribution in [3.63, 3.8) is 0 Å². The fourth-order valence-electron chi connectivity index (χ4n) is 5.94. The molecule has 0 N–H and O–H groups in total. The summed E-state index contributed by atoms with van der Waals surface area (Å²) in [5.41, 5.74) is 3.42. The number of nitrogens with zero attached hydrogens (tertiary/aromatic N) is 1. The predicted octanol–water partition coefficient (Wildman–Crippen LogP) is 4.95. The zero-order valence-electron chi connectivity index (χ0n) is 12.5. The van der Waals surface area contributed by atoms with E-state index >= 15 is 0 Å². The molecule has 0 spiro atoms. The van der Waals surface area contributed by atoms with Gasteiger partial charge >= 0.3 is 0 Å². The van der Waals surface area contributed by atoms with Crippen LogP contribution in [0.5, 0.6) is 0 Å². The van der Waals surface area contributed by atoms with Gasteiger partial charge in [-0.25, -0.2) is 0 Å². The molecule has 1 aromatic heterocycles. The molecule has 0 saturated heterocycles. The van der Waals surface area contributed by atoms with Crippen molar-refractivity contribution in [1.29, 1.82) is 0 Å². The molecule has 1 heterocycles. The van der Waals surface area contributed by atoms with Gasteiger partial charge in [-0.3, -0.25) is 0 Å². The highest BCUT2D eigenvalue weighted by atomic mass is 14.9. The molecule has 0 aliphatic heterocycles. The summed E-state index contributed by atoms with van der Waals surface area (Å²) < 4.78 is 2.31. The lowest BCUT2D eigenvalue weighted by Gasteiger charge is -2.56. The van der Waals surface area contributed by atoms with Crippen LogP contribution >= 0.6 is 0 Å². The van der Waals surface area contributed by atoms with Gasteiger partial charge in [0.2, 0.25) is 0 Å². The number of para-hydroxylation sites is 1. The SMILES string of the molecule is c1ccc(-n2ccc(C34CC5CC(CC(C5)C3)C4)c2)cc1. The van der Waals surface area contributed by atoms with E-state index in [0.29, 0.717) is 5.41 Å². The maximum absolute atomic E-state index is 2.42. The molecule has 1 aromatic carbocycles. The summed E-state index contributed by atoms with van der Waals surface area (Å²) >= 11 is 0. The Balaban J connectivity index is 1.52. The lowest BCUT2D eigenvalue weighted by Crippen LogP contribution is -2.48. The Labute approximate surface area is 127 Å². The van der Waals surface area contributed by atoms with Crippen molar-refractivity contribution in [2.75, 3.05) is 0 Å². The largest absolute Gasteiger partial charge is 0.324 e. The second-order valence-electron chi connectivity index (χ2n) is 7.84. The molecule has 4 fully saturated rings. The van der Waals surface area contributed by atoms with Crippen molar-refractivity contribution in [3.8, 4) is 5.69 Å². The van der Waals surface area contributed by atoms with Crippen LogP contribution in [0.25, 0.3) is 5.69 Å². The quantitative estimate of drug-likeness (QED) is 0.732. The number of hydrogen-bond acceptors (Lipinski definition) is 0. The molecule has 1 heteroatoms. The molecule has 4 aliphatic rings. The third kappa shape index (κ3) is 1.83. The Morgan fingerprint density at radius 3 is 2.05 bits per heavy atom. The van der Waals surface area contributed by atoms with Crippen LogP contribution in [0.1, 0.15) is 44.1 Å². The van der Waals surface area contributed by atoms with Crippen LogP contribution in [0.4, 0.5) is 0 Å². The van der Waals surface area contributed by atoms with Crippen molar-refractivity contribution in [2.24, 2.45) is 17.8 Å². The van der Waals surface area contributed by atoms with Gasteiger partial charge in [0.1, 0.15) is 0 Å². The first-order valence-corrected chi connectivity index (χ1v) is 8.55. The second kappa shape index (κ2) is 4.25. The van der Waals surface area contributed by atoms with Crippen LogP contribution in [0.3, 0.4) is 0 Å². The minimum Gasteiger partial charge on any atom is -0.324 e. The van der Waals surface area contributed by atoms with Crippen molar-refractivity contribution >= 4 is 0 Å². The van der Waals surface area contributed by atoms with E-state index in [-0.39, 0.29) is 0 Å². The van der Waals surface area contributed by atoms with Crippen molar-refractivity contribution in [1.82, 2.24) is 4.57 Å². The monoisotopic (exact) mass is 277 g/mol. The van der Waals surface area contributed by atoms with Crippen molar-refractivity contribution in [2.45, 2.75) is 43.9 Å². The highest BCUT2D eigenvalue weighted by molar-refractivity contribution is 5.36. The molecule has 0 atom stereocenters. The first-order chi connectivity index (χ1) is 10.3. The highest BCUT2D eigenvalue weighted by Gasteiger charge is 2.51. The third-order valence-electron chi connectivity index (χ3n) is 6.40. The Hall–Kier alpha value is -1.50. The molecule has 4 aliphatic carbocycles. The lowest BCUT2D eigenvalue weighted by atomic mass is 9.48. The summed E-state index contributed by atoms with van der Waals surface area (Å²) in [6.07, 6.45) is 13.6. The summed E-state index contributed by atoms with van der Waals surface area (Å²) in [7, 11) is 0. The van der Waals surface area contributed by atoms with Crippen LogP contribution in [-0.2, 0) is 5.41 Å². The second-order valence-corrected chi connectivity index (χ2v) is 7.84. The van der Waals surface area contributed by atoms with Gasteiger partial charge in [0.15, 0.2) is 0 Å². The molecule has 6 rings (SSSR count). The van der Waals surface area contributed by atoms with Crippen LogP contribution in [-0.4, -0.2) is 4.57 Å². The first-order valence-electron chi connectivity index (χ1n) is 8.55. The molecular formula is C20H23N. The molecule has 0 radical (unpaired) electrons. The van der Waals surface area contributed by atoms with Crippen molar-refractivity contribution in [3.05, 3.63) is 54.4 Å². The summed E-state index contributed by atoms with van der Waals surface area (Å²) in [6, 6.07) is 13.1. The zero-order valence-corrected chi connectivity index (χ0v) is 12.5. The highest BCUT2D eigenvalue weighted by Crippen LogP contribution is 2.60. The summed E-state index contributed by atoms with van der Waals surface area (Å²) in [5.74, 6) is 3.07. The lowest BCUT2D eigenvalue weighted by molar-refractivity contribution is -0.00515. The molecule has 4 bridgehead atoms. The molecule has 4 saturated carbocycles. The minimum atomic E-state index is 0.523. The van der Waals surface area contributed by atoms with E-state index in [2.05, 4.69) is 53.4 Å². The minimum absolute atomic E-state index is 0.523. The van der Waals surface area contributed by atoms with Gasteiger partial charge in [0.05, 0.1) is 0 Å². The molecule has 2 aromatic rings. The fraction of sp³-hybridized carbons (Fsp3) is 0.500. The van der Waals surface area contributed by atoms with Gasteiger partial charge in [0, 0.05) is 18.1 Å². The van der Waals surface area contributed by atoms with Gasteiger partial charge < -0.3 is 4.57 Å². The van der Waals surface area contributed by atoms with E-state index in [0.717, 1.165) is 17.8 Å². The summed E-state index contributed by atoms with van der Waals surface area (Å²) in [4.78, 5) is 0. The van der Waals surface area contributed by atoms with Crippen LogP contribution in [0.15, 0.2) is 48.8 Å². The van der Waals surface area contributed by atoms with E-state index in [4.69, 9.17) is 0 Å². The average Bonchev–Trinajstić information content (AvgIpc) is 2.97. The van der Waals surface area contributed by atoms with Crippen LogP contribution in [0.2, 0.25) is 0 Å². The molecule has 21 heavy (non-hydrogen) atoms. The van der Waals surface area contributed by atoms with Crippen molar-refractivity contribution < 1.29 is 0 Å². The predicted molar refractivity (Wildman–Crippen MR) is 85.6 cm³/mol. The Morgan fingerprint density at radius 1 is 0.810 bits per heavy atom. The maximum Gasteiger partial charge on any atom is 0.0449 e. The van der Waals surface area contributed by atoms with E-state index in [1.165, 1.54) is 44.2 Å². The molecule has 1 nitrogen and oxygen atoms in total. The topological polar surface area (TPSA) is 4.93 Å². The molecule has 0 amide bonds. The zero-order chi connectivity index (χ0) is 13.9.